The Balaban J connectivity index is 1.91. The van der Waals surface area contributed by atoms with Crippen LogP contribution >= 0.6 is 15.9 Å². The Morgan fingerprint density at radius 2 is 2.06 bits per heavy atom. The van der Waals surface area contributed by atoms with Crippen LogP contribution in [0.15, 0.2) is 28.7 Å². The Labute approximate surface area is 119 Å². The maximum atomic E-state index is 3.71. The lowest BCUT2D eigenvalue weighted by atomic mass is 9.81. The molecule has 0 spiro atoms. The van der Waals surface area contributed by atoms with E-state index < -0.39 is 0 Å². The quantitative estimate of drug-likeness (QED) is 0.778. The van der Waals surface area contributed by atoms with Crippen LogP contribution in [-0.4, -0.2) is 6.04 Å². The molecule has 1 aliphatic carbocycles. The van der Waals surface area contributed by atoms with E-state index in [1.807, 2.05) is 0 Å². The van der Waals surface area contributed by atoms with E-state index in [0.717, 1.165) is 11.8 Å². The third kappa shape index (κ3) is 4.01. The molecule has 0 radical (unpaired) electrons. The summed E-state index contributed by atoms with van der Waals surface area (Å²) >= 11 is 3.62. The molecule has 0 aliphatic heterocycles. The van der Waals surface area contributed by atoms with Gasteiger partial charge in [-0.2, -0.15) is 0 Å². The normalized spacial score (nSPS) is 24.2. The largest absolute Gasteiger partial charge is 0.381 e. The first-order valence-electron chi connectivity index (χ1n) is 7.16. The van der Waals surface area contributed by atoms with Crippen LogP contribution in [0, 0.1) is 11.8 Å². The Morgan fingerprint density at radius 3 is 2.78 bits per heavy atom. The van der Waals surface area contributed by atoms with Crippen LogP contribution in [0.3, 0.4) is 0 Å². The van der Waals surface area contributed by atoms with Crippen molar-refractivity contribution in [3.63, 3.8) is 0 Å². The fraction of sp³-hybridized carbons (Fsp3) is 0.625. The smallest absolute Gasteiger partial charge is 0.0486 e. The van der Waals surface area contributed by atoms with Crippen LogP contribution < -0.4 is 5.32 Å². The molecule has 2 rings (SSSR count). The lowest BCUT2D eigenvalue weighted by molar-refractivity contribution is 0.289. The number of benzene rings is 1. The highest BCUT2D eigenvalue weighted by Gasteiger charge is 2.22. The molecule has 18 heavy (non-hydrogen) atoms. The van der Waals surface area contributed by atoms with E-state index in [2.05, 4.69) is 59.4 Å². The summed E-state index contributed by atoms with van der Waals surface area (Å²) in [6.45, 7) is 4.68. The predicted molar refractivity (Wildman–Crippen MR) is 83.0 cm³/mol. The van der Waals surface area contributed by atoms with Gasteiger partial charge in [-0.15, -0.1) is 0 Å². The van der Waals surface area contributed by atoms with E-state index in [4.69, 9.17) is 0 Å². The number of hydrogen-bond donors (Lipinski definition) is 1. The topological polar surface area (TPSA) is 12.0 Å². The van der Waals surface area contributed by atoms with Gasteiger partial charge in [0.15, 0.2) is 0 Å². The average molecular weight is 310 g/mol. The summed E-state index contributed by atoms with van der Waals surface area (Å²) in [6, 6.07) is 9.09. The van der Waals surface area contributed by atoms with Crippen molar-refractivity contribution in [3.8, 4) is 0 Å². The first-order valence-corrected chi connectivity index (χ1v) is 7.95. The molecule has 2 heteroatoms. The Kier molecular flexibility index (Phi) is 5.11. The fourth-order valence-corrected chi connectivity index (χ4v) is 3.50. The van der Waals surface area contributed by atoms with Crippen LogP contribution in [-0.2, 0) is 0 Å². The highest BCUT2D eigenvalue weighted by Crippen LogP contribution is 2.32. The minimum absolute atomic E-state index is 0.654. The van der Waals surface area contributed by atoms with Gasteiger partial charge in [0.25, 0.3) is 0 Å². The summed E-state index contributed by atoms with van der Waals surface area (Å²) in [6.07, 6.45) is 6.83. The first kappa shape index (κ1) is 13.9. The molecular weight excluding hydrogens is 286 g/mol. The van der Waals surface area contributed by atoms with Crippen LogP contribution in [0.2, 0.25) is 0 Å². The van der Waals surface area contributed by atoms with Gasteiger partial charge in [-0.25, -0.2) is 0 Å². The average Bonchev–Trinajstić information content (AvgIpc) is 2.32. The predicted octanol–water partition coefficient (Wildman–Crippen LogP) is 5.47. The number of hydrogen-bond acceptors (Lipinski definition) is 1. The van der Waals surface area contributed by atoms with Gasteiger partial charge < -0.3 is 5.32 Å². The fourth-order valence-electron chi connectivity index (χ4n) is 3.10. The Hall–Kier alpha value is -0.500. The highest BCUT2D eigenvalue weighted by molar-refractivity contribution is 9.10. The summed E-state index contributed by atoms with van der Waals surface area (Å²) in [5.74, 6) is 1.75. The molecule has 0 heterocycles. The minimum Gasteiger partial charge on any atom is -0.381 e. The molecule has 1 fully saturated rings. The second-order valence-electron chi connectivity index (χ2n) is 5.98. The standard InChI is InChI=1S/C16H24BrN/c1-12(2)10-13-6-5-7-14(11-13)18-16-9-4-3-8-15(16)17/h3-4,8-9,12-14,18H,5-7,10-11H2,1-2H3. The molecule has 1 aromatic rings. The Morgan fingerprint density at radius 1 is 1.28 bits per heavy atom. The van der Waals surface area contributed by atoms with Crippen molar-refractivity contribution in [2.45, 2.75) is 52.0 Å². The number of rotatable bonds is 4. The van der Waals surface area contributed by atoms with E-state index in [9.17, 15) is 0 Å². The summed E-state index contributed by atoms with van der Waals surface area (Å²) < 4.78 is 1.18. The van der Waals surface area contributed by atoms with E-state index in [0.29, 0.717) is 6.04 Å². The van der Waals surface area contributed by atoms with Crippen LogP contribution in [0.5, 0.6) is 0 Å². The number of nitrogens with one attached hydrogen (secondary N) is 1. The highest BCUT2D eigenvalue weighted by atomic mass is 79.9. The van der Waals surface area contributed by atoms with Crippen LogP contribution in [0.4, 0.5) is 5.69 Å². The number of anilines is 1. The zero-order valence-corrected chi connectivity index (χ0v) is 13.0. The second-order valence-corrected chi connectivity index (χ2v) is 6.84. The van der Waals surface area contributed by atoms with Gasteiger partial charge in [-0.1, -0.05) is 38.8 Å². The van der Waals surface area contributed by atoms with Crippen molar-refractivity contribution in [2.75, 3.05) is 5.32 Å². The van der Waals surface area contributed by atoms with Crippen molar-refractivity contribution in [2.24, 2.45) is 11.8 Å². The first-order chi connectivity index (χ1) is 8.65. The zero-order chi connectivity index (χ0) is 13.0. The molecule has 0 saturated heterocycles. The lowest BCUT2D eigenvalue weighted by Gasteiger charge is -2.31. The molecule has 1 N–H and O–H groups in total. The molecule has 1 saturated carbocycles. The molecule has 1 aromatic carbocycles. The van der Waals surface area contributed by atoms with Gasteiger partial charge in [0.05, 0.1) is 0 Å². The van der Waals surface area contributed by atoms with E-state index >= 15 is 0 Å². The maximum absolute atomic E-state index is 3.71. The second kappa shape index (κ2) is 6.60. The van der Waals surface area contributed by atoms with Gasteiger partial charge in [-0.3, -0.25) is 0 Å². The molecule has 0 bridgehead atoms. The summed E-state index contributed by atoms with van der Waals surface area (Å²) in [4.78, 5) is 0. The lowest BCUT2D eigenvalue weighted by Crippen LogP contribution is -2.28. The van der Waals surface area contributed by atoms with E-state index in [1.54, 1.807) is 0 Å². The monoisotopic (exact) mass is 309 g/mol. The van der Waals surface area contributed by atoms with Gasteiger partial charge in [0.1, 0.15) is 0 Å². The SMILES string of the molecule is CC(C)CC1CCCC(Nc2ccccc2Br)C1. The van der Waals surface area contributed by atoms with Crippen molar-refractivity contribution < 1.29 is 0 Å². The zero-order valence-electron chi connectivity index (χ0n) is 11.5. The van der Waals surface area contributed by atoms with Crippen molar-refractivity contribution in [1.29, 1.82) is 0 Å². The number of para-hydroxylation sites is 1. The van der Waals surface area contributed by atoms with Crippen LogP contribution in [0.25, 0.3) is 0 Å². The van der Waals surface area contributed by atoms with Crippen molar-refractivity contribution >= 4 is 21.6 Å². The minimum atomic E-state index is 0.654. The van der Waals surface area contributed by atoms with Crippen molar-refractivity contribution in [1.82, 2.24) is 0 Å². The van der Waals surface area contributed by atoms with E-state index in [1.165, 1.54) is 42.3 Å². The van der Waals surface area contributed by atoms with E-state index in [-0.39, 0.29) is 0 Å². The molecule has 1 nitrogen and oxygen atoms in total. The molecule has 0 aromatic heterocycles. The molecule has 0 amide bonds. The molecular formula is C16H24BrN. The molecule has 100 valence electrons. The van der Waals surface area contributed by atoms with Gasteiger partial charge >= 0.3 is 0 Å². The molecule has 2 unspecified atom stereocenters. The third-order valence-corrected chi connectivity index (χ3v) is 4.51. The Bertz CT molecular complexity index is 375. The van der Waals surface area contributed by atoms with Gasteiger partial charge in [0, 0.05) is 16.2 Å². The third-order valence-electron chi connectivity index (χ3n) is 3.82. The molecule has 1 aliphatic rings. The van der Waals surface area contributed by atoms with Gasteiger partial charge in [-0.05, 0) is 59.2 Å². The summed E-state index contributed by atoms with van der Waals surface area (Å²) in [7, 11) is 0. The number of halogens is 1. The van der Waals surface area contributed by atoms with Gasteiger partial charge in [0.2, 0.25) is 0 Å². The van der Waals surface area contributed by atoms with Crippen molar-refractivity contribution in [3.05, 3.63) is 28.7 Å². The van der Waals surface area contributed by atoms with Crippen LogP contribution in [0.1, 0.15) is 46.0 Å². The maximum Gasteiger partial charge on any atom is 0.0486 e. The summed E-state index contributed by atoms with van der Waals surface area (Å²) in [5.41, 5.74) is 1.24. The molecule has 2 atom stereocenters. The summed E-state index contributed by atoms with van der Waals surface area (Å²) in [5, 5.41) is 3.71.